The maximum Gasteiger partial charge on any atom is 0.242 e. The van der Waals surface area contributed by atoms with Crippen LogP contribution in [0.15, 0.2) is 30.3 Å². The van der Waals surface area contributed by atoms with E-state index in [1.807, 2.05) is 37.3 Å². The summed E-state index contributed by atoms with van der Waals surface area (Å²) in [5.41, 5.74) is 6.75. The Bertz CT molecular complexity index is 448. The highest BCUT2D eigenvalue weighted by Gasteiger charge is 2.21. The average molecular weight is 291 g/mol. The van der Waals surface area contributed by atoms with Crippen molar-refractivity contribution in [2.75, 3.05) is 13.1 Å². The first-order chi connectivity index (χ1) is 10.1. The van der Waals surface area contributed by atoms with Crippen LogP contribution in [-0.4, -0.2) is 30.9 Å². The van der Waals surface area contributed by atoms with Crippen molar-refractivity contribution in [2.24, 2.45) is 11.7 Å². The molecule has 0 radical (unpaired) electrons. The summed E-state index contributed by atoms with van der Waals surface area (Å²) in [6, 6.07) is 9.18. The van der Waals surface area contributed by atoms with Crippen molar-refractivity contribution in [2.45, 2.75) is 32.7 Å². The van der Waals surface area contributed by atoms with Gasteiger partial charge in [0.05, 0.1) is 5.92 Å². The highest BCUT2D eigenvalue weighted by atomic mass is 16.2. The summed E-state index contributed by atoms with van der Waals surface area (Å²) in [4.78, 5) is 23.9. The van der Waals surface area contributed by atoms with Gasteiger partial charge in [0, 0.05) is 13.1 Å². The molecule has 0 heterocycles. The van der Waals surface area contributed by atoms with Gasteiger partial charge in [0.2, 0.25) is 11.8 Å². The van der Waals surface area contributed by atoms with Gasteiger partial charge in [-0.05, 0) is 25.3 Å². The number of amides is 2. The van der Waals surface area contributed by atoms with Crippen molar-refractivity contribution in [3.8, 4) is 0 Å². The van der Waals surface area contributed by atoms with E-state index in [-0.39, 0.29) is 24.3 Å². The normalized spacial score (nSPS) is 13.3. The molecule has 0 aromatic heterocycles. The number of hydrogen-bond donors (Lipinski definition) is 3. The average Bonchev–Trinajstić information content (AvgIpc) is 2.50. The standard InChI is InChI=1S/C16H25N3O2/c1-3-9-18-15(20)12(2)19-16(21)14(11-17)10-13-7-5-4-6-8-13/h4-8,12,14H,3,9-11,17H2,1-2H3,(H,18,20)(H,19,21). The summed E-state index contributed by atoms with van der Waals surface area (Å²) in [5, 5.41) is 5.49. The lowest BCUT2D eigenvalue weighted by Crippen LogP contribution is -2.48. The lowest BCUT2D eigenvalue weighted by Gasteiger charge is -2.19. The molecule has 0 saturated heterocycles. The van der Waals surface area contributed by atoms with Gasteiger partial charge in [0.1, 0.15) is 6.04 Å². The second-order valence-electron chi connectivity index (χ2n) is 5.14. The van der Waals surface area contributed by atoms with Crippen molar-refractivity contribution < 1.29 is 9.59 Å². The molecule has 1 rings (SSSR count). The molecule has 2 amide bonds. The number of rotatable bonds is 8. The third-order valence-corrected chi connectivity index (χ3v) is 3.28. The van der Waals surface area contributed by atoms with E-state index in [0.29, 0.717) is 13.0 Å². The Morgan fingerprint density at radius 3 is 2.43 bits per heavy atom. The molecule has 2 unspecified atom stereocenters. The molecule has 2 atom stereocenters. The van der Waals surface area contributed by atoms with Crippen molar-refractivity contribution in [3.63, 3.8) is 0 Å². The smallest absolute Gasteiger partial charge is 0.242 e. The summed E-state index contributed by atoms with van der Waals surface area (Å²) in [6.45, 7) is 4.53. The van der Waals surface area contributed by atoms with Crippen LogP contribution in [0, 0.1) is 5.92 Å². The van der Waals surface area contributed by atoms with Crippen LogP contribution in [-0.2, 0) is 16.0 Å². The fourth-order valence-corrected chi connectivity index (χ4v) is 1.98. The summed E-state index contributed by atoms with van der Waals surface area (Å²) < 4.78 is 0. The number of nitrogens with one attached hydrogen (secondary N) is 2. The Morgan fingerprint density at radius 2 is 1.86 bits per heavy atom. The second-order valence-corrected chi connectivity index (χ2v) is 5.14. The molecule has 21 heavy (non-hydrogen) atoms. The van der Waals surface area contributed by atoms with Crippen molar-refractivity contribution >= 4 is 11.8 Å². The van der Waals surface area contributed by atoms with Gasteiger partial charge < -0.3 is 16.4 Å². The highest BCUT2D eigenvalue weighted by molar-refractivity contribution is 5.88. The Labute approximate surface area is 126 Å². The van der Waals surface area contributed by atoms with Crippen LogP contribution in [0.25, 0.3) is 0 Å². The largest absolute Gasteiger partial charge is 0.354 e. The fraction of sp³-hybridized carbons (Fsp3) is 0.500. The maximum atomic E-state index is 12.2. The van der Waals surface area contributed by atoms with E-state index >= 15 is 0 Å². The number of benzene rings is 1. The molecule has 5 heteroatoms. The molecular formula is C16H25N3O2. The molecule has 116 valence electrons. The Morgan fingerprint density at radius 1 is 1.19 bits per heavy atom. The molecule has 0 aliphatic heterocycles. The quantitative estimate of drug-likeness (QED) is 0.663. The van der Waals surface area contributed by atoms with E-state index in [1.165, 1.54) is 0 Å². The third-order valence-electron chi connectivity index (χ3n) is 3.28. The molecule has 0 spiro atoms. The molecule has 0 aliphatic rings. The van der Waals surface area contributed by atoms with E-state index in [2.05, 4.69) is 10.6 Å². The van der Waals surface area contributed by atoms with Crippen LogP contribution in [0.5, 0.6) is 0 Å². The fourth-order valence-electron chi connectivity index (χ4n) is 1.98. The first-order valence-corrected chi connectivity index (χ1v) is 7.40. The van der Waals surface area contributed by atoms with Gasteiger partial charge in [-0.25, -0.2) is 0 Å². The zero-order chi connectivity index (χ0) is 15.7. The lowest BCUT2D eigenvalue weighted by atomic mass is 9.98. The third kappa shape index (κ3) is 5.95. The van der Waals surface area contributed by atoms with Crippen molar-refractivity contribution in [1.29, 1.82) is 0 Å². The molecule has 1 aromatic carbocycles. The van der Waals surface area contributed by atoms with E-state index in [9.17, 15) is 9.59 Å². The van der Waals surface area contributed by atoms with Crippen LogP contribution in [0.4, 0.5) is 0 Å². The van der Waals surface area contributed by atoms with Gasteiger partial charge >= 0.3 is 0 Å². The van der Waals surface area contributed by atoms with Gasteiger partial charge in [-0.15, -0.1) is 0 Å². The zero-order valence-corrected chi connectivity index (χ0v) is 12.8. The molecule has 5 nitrogen and oxygen atoms in total. The van der Waals surface area contributed by atoms with Crippen LogP contribution >= 0.6 is 0 Å². The molecular weight excluding hydrogens is 266 g/mol. The Hall–Kier alpha value is -1.88. The maximum absolute atomic E-state index is 12.2. The zero-order valence-electron chi connectivity index (χ0n) is 12.8. The van der Waals surface area contributed by atoms with Crippen LogP contribution < -0.4 is 16.4 Å². The molecule has 0 bridgehead atoms. The molecule has 1 aromatic rings. The van der Waals surface area contributed by atoms with Gasteiger partial charge in [-0.1, -0.05) is 37.3 Å². The van der Waals surface area contributed by atoms with Gasteiger partial charge in [-0.3, -0.25) is 9.59 Å². The predicted octanol–water partition coefficient (Wildman–Crippen LogP) is 0.835. The molecule has 0 saturated carbocycles. The monoisotopic (exact) mass is 291 g/mol. The second kappa shape index (κ2) is 9.13. The predicted molar refractivity (Wildman–Crippen MR) is 83.6 cm³/mol. The lowest BCUT2D eigenvalue weighted by molar-refractivity contribution is -0.130. The van der Waals surface area contributed by atoms with Crippen LogP contribution in [0.2, 0.25) is 0 Å². The number of hydrogen-bond acceptors (Lipinski definition) is 3. The van der Waals surface area contributed by atoms with Crippen LogP contribution in [0.3, 0.4) is 0 Å². The SMILES string of the molecule is CCCNC(=O)C(C)NC(=O)C(CN)Cc1ccccc1. The van der Waals surface area contributed by atoms with Gasteiger partial charge in [-0.2, -0.15) is 0 Å². The molecule has 0 aliphatic carbocycles. The van der Waals surface area contributed by atoms with Crippen molar-refractivity contribution in [3.05, 3.63) is 35.9 Å². The van der Waals surface area contributed by atoms with Crippen LogP contribution in [0.1, 0.15) is 25.8 Å². The Kier molecular flexibility index (Phi) is 7.46. The van der Waals surface area contributed by atoms with E-state index in [0.717, 1.165) is 12.0 Å². The number of nitrogens with two attached hydrogens (primary N) is 1. The minimum Gasteiger partial charge on any atom is -0.354 e. The van der Waals surface area contributed by atoms with Gasteiger partial charge in [0.25, 0.3) is 0 Å². The number of carbonyl (C=O) groups excluding carboxylic acids is 2. The molecule has 4 N–H and O–H groups in total. The highest BCUT2D eigenvalue weighted by Crippen LogP contribution is 2.08. The minimum absolute atomic E-state index is 0.166. The summed E-state index contributed by atoms with van der Waals surface area (Å²) in [5.74, 6) is -0.671. The number of carbonyl (C=O) groups is 2. The van der Waals surface area contributed by atoms with Gasteiger partial charge in [0.15, 0.2) is 0 Å². The topological polar surface area (TPSA) is 84.2 Å². The summed E-state index contributed by atoms with van der Waals surface area (Å²) in [6.07, 6.45) is 1.44. The first kappa shape index (κ1) is 17.2. The summed E-state index contributed by atoms with van der Waals surface area (Å²) >= 11 is 0. The Balaban J connectivity index is 2.53. The molecule has 0 fully saturated rings. The van der Waals surface area contributed by atoms with Crippen molar-refractivity contribution in [1.82, 2.24) is 10.6 Å². The minimum atomic E-state index is -0.547. The summed E-state index contributed by atoms with van der Waals surface area (Å²) in [7, 11) is 0. The van der Waals surface area contributed by atoms with E-state index < -0.39 is 6.04 Å². The first-order valence-electron chi connectivity index (χ1n) is 7.40. The van der Waals surface area contributed by atoms with E-state index in [4.69, 9.17) is 5.73 Å². The van der Waals surface area contributed by atoms with E-state index in [1.54, 1.807) is 6.92 Å².